The van der Waals surface area contributed by atoms with Crippen molar-refractivity contribution in [2.24, 2.45) is 0 Å². The Bertz CT molecular complexity index is 876. The van der Waals surface area contributed by atoms with Gasteiger partial charge in [0.2, 0.25) is 5.91 Å². The number of rotatable bonds is 9. The molecule has 1 heterocycles. The number of methoxy groups -OCH3 is 1. The van der Waals surface area contributed by atoms with E-state index in [1.807, 2.05) is 40.7 Å². The molecule has 2 aromatic rings. The minimum Gasteiger partial charge on any atom is -0.383 e. The molecule has 0 aliphatic rings. The first kappa shape index (κ1) is 22.8. The summed E-state index contributed by atoms with van der Waals surface area (Å²) < 4.78 is 7.24. The molecular formula is C23H33N3O3. The lowest BCUT2D eigenvalue weighted by Gasteiger charge is -2.17. The molecule has 1 aromatic carbocycles. The number of Topliss-reactive ketones (excluding diaryl/α,β-unsaturated/α-hetero) is 1. The predicted molar refractivity (Wildman–Crippen MR) is 117 cm³/mol. The summed E-state index contributed by atoms with van der Waals surface area (Å²) in [6, 6.07) is 6.02. The van der Waals surface area contributed by atoms with E-state index in [2.05, 4.69) is 22.0 Å². The van der Waals surface area contributed by atoms with Crippen molar-refractivity contribution in [1.82, 2.24) is 9.47 Å². The largest absolute Gasteiger partial charge is 0.383 e. The number of hydrogen-bond acceptors (Lipinski definition) is 4. The van der Waals surface area contributed by atoms with Crippen molar-refractivity contribution < 1.29 is 14.3 Å². The summed E-state index contributed by atoms with van der Waals surface area (Å²) in [5, 5.41) is 2.99. The standard InChI is InChI=1S/C23H33N3O3/c1-15-10-16(2)23(17(3)11-15)24-22(28)14-25(6)13-21(27)20-12-18(4)26(19(20)5)8-9-29-7/h10-12H,8-9,13-14H2,1-7H3,(H,24,28). The molecule has 0 atom stereocenters. The first-order chi connectivity index (χ1) is 13.6. The fraction of sp³-hybridized carbons (Fsp3) is 0.478. The highest BCUT2D eigenvalue weighted by Crippen LogP contribution is 2.22. The van der Waals surface area contributed by atoms with Gasteiger partial charge in [-0.1, -0.05) is 17.7 Å². The van der Waals surface area contributed by atoms with Crippen LogP contribution in [0.4, 0.5) is 5.69 Å². The zero-order valence-electron chi connectivity index (χ0n) is 18.7. The number of nitrogens with one attached hydrogen (secondary N) is 1. The fourth-order valence-electron chi connectivity index (χ4n) is 3.80. The molecule has 6 nitrogen and oxygen atoms in total. The highest BCUT2D eigenvalue weighted by molar-refractivity contribution is 5.99. The third-order valence-corrected chi connectivity index (χ3v) is 5.16. The van der Waals surface area contributed by atoms with Crippen LogP contribution in [0.5, 0.6) is 0 Å². The molecule has 0 aliphatic heterocycles. The molecule has 158 valence electrons. The van der Waals surface area contributed by atoms with E-state index in [0.717, 1.165) is 34.7 Å². The molecule has 0 radical (unpaired) electrons. The minimum atomic E-state index is -0.124. The summed E-state index contributed by atoms with van der Waals surface area (Å²) >= 11 is 0. The molecule has 0 spiro atoms. The predicted octanol–water partition coefficient (Wildman–Crippen LogP) is 3.43. The average Bonchev–Trinajstić information content (AvgIpc) is 2.90. The number of anilines is 1. The Balaban J connectivity index is 1.99. The van der Waals surface area contributed by atoms with Crippen molar-refractivity contribution in [2.75, 3.05) is 39.2 Å². The number of carbonyl (C=O) groups is 2. The number of ketones is 1. The van der Waals surface area contributed by atoms with E-state index >= 15 is 0 Å². The van der Waals surface area contributed by atoms with Gasteiger partial charge in [-0.15, -0.1) is 0 Å². The monoisotopic (exact) mass is 399 g/mol. The molecule has 0 aliphatic carbocycles. The van der Waals surface area contributed by atoms with Crippen LogP contribution in [0.1, 0.15) is 38.4 Å². The van der Waals surface area contributed by atoms with Gasteiger partial charge in [-0.3, -0.25) is 14.5 Å². The van der Waals surface area contributed by atoms with Gasteiger partial charge in [0, 0.05) is 36.3 Å². The van der Waals surface area contributed by atoms with Crippen molar-refractivity contribution >= 4 is 17.4 Å². The van der Waals surface area contributed by atoms with Gasteiger partial charge < -0.3 is 14.6 Å². The molecule has 1 N–H and O–H groups in total. The maximum absolute atomic E-state index is 12.8. The van der Waals surface area contributed by atoms with Crippen molar-refractivity contribution in [3.8, 4) is 0 Å². The normalized spacial score (nSPS) is 11.2. The number of likely N-dealkylation sites (N-methyl/N-ethyl adjacent to an activating group) is 1. The summed E-state index contributed by atoms with van der Waals surface area (Å²) in [6.07, 6.45) is 0. The van der Waals surface area contributed by atoms with Crippen LogP contribution in [0.15, 0.2) is 18.2 Å². The summed E-state index contributed by atoms with van der Waals surface area (Å²) in [5.74, 6) is -0.110. The van der Waals surface area contributed by atoms with Crippen molar-refractivity contribution in [3.63, 3.8) is 0 Å². The van der Waals surface area contributed by atoms with Crippen molar-refractivity contribution in [1.29, 1.82) is 0 Å². The molecule has 0 unspecified atom stereocenters. The number of carbonyl (C=O) groups excluding carboxylic acids is 2. The van der Waals surface area contributed by atoms with Crippen LogP contribution in [-0.4, -0.2) is 55.0 Å². The van der Waals surface area contributed by atoms with Gasteiger partial charge in [-0.25, -0.2) is 0 Å². The van der Waals surface area contributed by atoms with E-state index in [0.29, 0.717) is 12.2 Å². The molecule has 0 saturated carbocycles. The first-order valence-electron chi connectivity index (χ1n) is 9.89. The fourth-order valence-corrected chi connectivity index (χ4v) is 3.80. The van der Waals surface area contributed by atoms with Gasteiger partial charge >= 0.3 is 0 Å². The Morgan fingerprint density at radius 1 is 1.03 bits per heavy atom. The van der Waals surface area contributed by atoms with Crippen LogP contribution in [0.3, 0.4) is 0 Å². The second kappa shape index (κ2) is 9.85. The quantitative estimate of drug-likeness (QED) is 0.656. The van der Waals surface area contributed by atoms with E-state index in [9.17, 15) is 9.59 Å². The molecule has 29 heavy (non-hydrogen) atoms. The van der Waals surface area contributed by atoms with Crippen LogP contribution < -0.4 is 5.32 Å². The lowest BCUT2D eigenvalue weighted by molar-refractivity contribution is -0.116. The molecule has 0 saturated heterocycles. The zero-order chi connectivity index (χ0) is 21.7. The summed E-state index contributed by atoms with van der Waals surface area (Å²) in [7, 11) is 3.45. The van der Waals surface area contributed by atoms with Gasteiger partial charge in [0.15, 0.2) is 5.78 Å². The third kappa shape index (κ3) is 5.78. The van der Waals surface area contributed by atoms with E-state index in [4.69, 9.17) is 4.74 Å². The molecular weight excluding hydrogens is 366 g/mol. The number of amides is 1. The molecule has 1 amide bonds. The Morgan fingerprint density at radius 2 is 1.66 bits per heavy atom. The van der Waals surface area contributed by atoms with Crippen LogP contribution in [0.2, 0.25) is 0 Å². The van der Waals surface area contributed by atoms with E-state index in [1.54, 1.807) is 19.1 Å². The van der Waals surface area contributed by atoms with Gasteiger partial charge in [0.05, 0.1) is 19.7 Å². The van der Waals surface area contributed by atoms with E-state index in [1.165, 1.54) is 5.56 Å². The molecule has 0 bridgehead atoms. The number of ether oxygens (including phenoxy) is 1. The summed E-state index contributed by atoms with van der Waals surface area (Å²) in [5.41, 5.74) is 6.78. The lowest BCUT2D eigenvalue weighted by Crippen LogP contribution is -2.34. The van der Waals surface area contributed by atoms with E-state index < -0.39 is 0 Å². The third-order valence-electron chi connectivity index (χ3n) is 5.16. The first-order valence-corrected chi connectivity index (χ1v) is 9.89. The van der Waals surface area contributed by atoms with Crippen LogP contribution >= 0.6 is 0 Å². The van der Waals surface area contributed by atoms with Crippen LogP contribution in [-0.2, 0) is 16.1 Å². The second-order valence-electron chi connectivity index (χ2n) is 7.85. The van der Waals surface area contributed by atoms with Gasteiger partial charge in [0.1, 0.15) is 0 Å². The van der Waals surface area contributed by atoms with Crippen LogP contribution in [0, 0.1) is 34.6 Å². The molecule has 6 heteroatoms. The van der Waals surface area contributed by atoms with E-state index in [-0.39, 0.29) is 24.8 Å². The molecule has 2 rings (SSSR count). The van der Waals surface area contributed by atoms with Crippen LogP contribution in [0.25, 0.3) is 0 Å². The lowest BCUT2D eigenvalue weighted by atomic mass is 10.1. The maximum atomic E-state index is 12.8. The highest BCUT2D eigenvalue weighted by Gasteiger charge is 2.18. The zero-order valence-corrected chi connectivity index (χ0v) is 18.7. The Kier molecular flexibility index (Phi) is 7.76. The Labute approximate surface area is 173 Å². The Morgan fingerprint density at radius 3 is 2.24 bits per heavy atom. The summed E-state index contributed by atoms with van der Waals surface area (Å²) in [4.78, 5) is 27.0. The number of aryl methyl sites for hydroxylation is 4. The van der Waals surface area contributed by atoms with Crippen molar-refractivity contribution in [3.05, 3.63) is 51.8 Å². The number of benzene rings is 1. The van der Waals surface area contributed by atoms with Gasteiger partial charge in [-0.05, 0) is 58.9 Å². The van der Waals surface area contributed by atoms with Gasteiger partial charge in [-0.2, -0.15) is 0 Å². The smallest absolute Gasteiger partial charge is 0.238 e. The average molecular weight is 400 g/mol. The molecule has 0 fully saturated rings. The number of hydrogen-bond donors (Lipinski definition) is 1. The number of aromatic nitrogens is 1. The van der Waals surface area contributed by atoms with Crippen molar-refractivity contribution in [2.45, 2.75) is 41.2 Å². The highest BCUT2D eigenvalue weighted by atomic mass is 16.5. The topological polar surface area (TPSA) is 63.6 Å². The maximum Gasteiger partial charge on any atom is 0.238 e. The Hall–Kier alpha value is -2.44. The minimum absolute atomic E-state index is 0.0137. The SMILES string of the molecule is COCCn1c(C)cc(C(=O)CN(C)CC(=O)Nc2c(C)cc(C)cc2C)c1C. The second-order valence-corrected chi connectivity index (χ2v) is 7.85. The molecule has 1 aromatic heterocycles. The number of nitrogens with zero attached hydrogens (tertiary/aromatic N) is 2. The van der Waals surface area contributed by atoms with Gasteiger partial charge in [0.25, 0.3) is 0 Å². The summed E-state index contributed by atoms with van der Waals surface area (Å²) in [6.45, 7) is 11.6.